The molecule has 0 spiro atoms. The number of benzene rings is 1. The second-order valence-electron chi connectivity index (χ2n) is 6.02. The van der Waals surface area contributed by atoms with Gasteiger partial charge in [-0.3, -0.25) is 4.79 Å². The summed E-state index contributed by atoms with van der Waals surface area (Å²) in [7, 11) is 0. The van der Waals surface area contributed by atoms with Crippen LogP contribution in [-0.2, 0) is 4.79 Å². The number of nitrogens with one attached hydrogen (secondary N) is 1. The van der Waals surface area contributed by atoms with Crippen LogP contribution in [0, 0.1) is 0 Å². The number of rotatable bonds is 2. The molecule has 1 fully saturated rings. The van der Waals surface area contributed by atoms with Gasteiger partial charge in [0.05, 0.1) is 5.69 Å². The molecule has 0 saturated carbocycles. The van der Waals surface area contributed by atoms with Crippen LogP contribution in [0.15, 0.2) is 18.2 Å². The summed E-state index contributed by atoms with van der Waals surface area (Å²) in [6.07, 6.45) is 0. The van der Waals surface area contributed by atoms with Crippen molar-refractivity contribution in [2.45, 2.75) is 26.4 Å². The molecule has 0 bridgehead atoms. The molecule has 21 heavy (non-hydrogen) atoms. The van der Waals surface area contributed by atoms with Gasteiger partial charge in [0.25, 0.3) is 5.91 Å². The van der Waals surface area contributed by atoms with Crippen LogP contribution in [0.5, 0.6) is 5.75 Å². The average molecular weight is 289 g/mol. The highest BCUT2D eigenvalue weighted by Gasteiger charge is 2.41. The van der Waals surface area contributed by atoms with Gasteiger partial charge in [-0.05, 0) is 32.9 Å². The van der Waals surface area contributed by atoms with Gasteiger partial charge in [0.2, 0.25) is 0 Å². The molecule has 5 nitrogen and oxygen atoms in total. The number of fused-ring (bicyclic) bond motifs is 1. The number of para-hydroxylation sites is 1. The van der Waals surface area contributed by atoms with Crippen molar-refractivity contribution < 1.29 is 9.53 Å². The summed E-state index contributed by atoms with van der Waals surface area (Å²) >= 11 is 0. The molecule has 2 aliphatic heterocycles. The highest BCUT2D eigenvalue weighted by atomic mass is 16.5. The number of nitrogens with zero attached hydrogens (tertiary/aromatic N) is 2. The van der Waals surface area contributed by atoms with E-state index in [1.54, 1.807) is 0 Å². The Morgan fingerprint density at radius 2 is 2.00 bits per heavy atom. The van der Waals surface area contributed by atoms with Gasteiger partial charge in [-0.15, -0.1) is 0 Å². The molecule has 1 aromatic rings. The van der Waals surface area contributed by atoms with Crippen molar-refractivity contribution in [3.05, 3.63) is 18.2 Å². The van der Waals surface area contributed by atoms with Crippen molar-refractivity contribution in [2.24, 2.45) is 0 Å². The van der Waals surface area contributed by atoms with E-state index in [1.165, 1.54) is 0 Å². The van der Waals surface area contributed by atoms with Crippen molar-refractivity contribution in [1.82, 2.24) is 5.32 Å². The van der Waals surface area contributed by atoms with E-state index in [-0.39, 0.29) is 5.91 Å². The van der Waals surface area contributed by atoms with E-state index in [2.05, 4.69) is 16.3 Å². The Kier molecular flexibility index (Phi) is 3.53. The quantitative estimate of drug-likeness (QED) is 0.898. The minimum atomic E-state index is -0.801. The number of ether oxygens (including phenoxy) is 1. The van der Waals surface area contributed by atoms with Crippen LogP contribution < -0.4 is 19.9 Å². The Morgan fingerprint density at radius 3 is 2.67 bits per heavy atom. The van der Waals surface area contributed by atoms with Crippen molar-refractivity contribution >= 4 is 17.3 Å². The van der Waals surface area contributed by atoms with Crippen molar-refractivity contribution in [3.8, 4) is 5.75 Å². The predicted molar refractivity (Wildman–Crippen MR) is 84.3 cm³/mol. The van der Waals surface area contributed by atoms with Gasteiger partial charge in [0.1, 0.15) is 11.4 Å². The lowest BCUT2D eigenvalue weighted by molar-refractivity contribution is -0.132. The number of anilines is 2. The molecule has 0 unspecified atom stereocenters. The second-order valence-corrected chi connectivity index (χ2v) is 6.02. The highest BCUT2D eigenvalue weighted by molar-refractivity contribution is 6.05. The fraction of sp³-hybridized carbons (Fsp3) is 0.562. The first-order chi connectivity index (χ1) is 10.0. The van der Waals surface area contributed by atoms with E-state index < -0.39 is 5.60 Å². The minimum absolute atomic E-state index is 0.0279. The van der Waals surface area contributed by atoms with Gasteiger partial charge in [0, 0.05) is 32.7 Å². The Labute approximate surface area is 125 Å². The number of amides is 1. The van der Waals surface area contributed by atoms with E-state index in [0.29, 0.717) is 6.54 Å². The summed E-state index contributed by atoms with van der Waals surface area (Å²) in [5.41, 5.74) is 1.22. The summed E-state index contributed by atoms with van der Waals surface area (Å²) in [5, 5.41) is 3.36. The third-order valence-electron chi connectivity index (χ3n) is 4.15. The summed E-state index contributed by atoms with van der Waals surface area (Å²) < 4.78 is 5.96. The van der Waals surface area contributed by atoms with Crippen LogP contribution in [0.1, 0.15) is 20.8 Å². The molecular formula is C16H23N3O2. The van der Waals surface area contributed by atoms with Crippen LogP contribution in [-0.4, -0.2) is 44.2 Å². The lowest BCUT2D eigenvalue weighted by atomic mass is 10.0. The standard InChI is InChI=1S/C16H23N3O2/c1-4-19-14-12(18-10-8-17-9-11-18)6-5-7-13(14)21-16(2,3)15(19)20/h5-7,17H,4,8-11H2,1-3H3. The molecule has 0 atom stereocenters. The lowest BCUT2D eigenvalue weighted by Crippen LogP contribution is -2.53. The topological polar surface area (TPSA) is 44.8 Å². The van der Waals surface area contributed by atoms with Crippen LogP contribution in [0.3, 0.4) is 0 Å². The van der Waals surface area contributed by atoms with E-state index >= 15 is 0 Å². The van der Waals surface area contributed by atoms with Gasteiger partial charge in [-0.1, -0.05) is 6.07 Å². The molecule has 1 aromatic carbocycles. The molecular weight excluding hydrogens is 266 g/mol. The molecule has 0 radical (unpaired) electrons. The van der Waals surface area contributed by atoms with Crippen LogP contribution >= 0.6 is 0 Å². The first-order valence-electron chi connectivity index (χ1n) is 7.64. The van der Waals surface area contributed by atoms with E-state index in [9.17, 15) is 4.79 Å². The monoisotopic (exact) mass is 289 g/mol. The number of hydrogen-bond donors (Lipinski definition) is 1. The Balaban J connectivity index is 2.07. The van der Waals surface area contributed by atoms with Gasteiger partial charge in [0.15, 0.2) is 5.60 Å². The van der Waals surface area contributed by atoms with Crippen molar-refractivity contribution in [1.29, 1.82) is 0 Å². The highest BCUT2D eigenvalue weighted by Crippen LogP contribution is 2.44. The van der Waals surface area contributed by atoms with Gasteiger partial charge in [-0.2, -0.15) is 0 Å². The van der Waals surface area contributed by atoms with E-state index in [1.807, 2.05) is 37.8 Å². The smallest absolute Gasteiger partial charge is 0.270 e. The number of carbonyl (C=O) groups is 1. The molecule has 0 aliphatic carbocycles. The van der Waals surface area contributed by atoms with Crippen LogP contribution in [0.25, 0.3) is 0 Å². The second kappa shape index (κ2) is 5.22. The first-order valence-corrected chi connectivity index (χ1v) is 7.64. The number of piperazine rings is 1. The molecule has 1 saturated heterocycles. The molecule has 2 heterocycles. The summed E-state index contributed by atoms with van der Waals surface area (Å²) in [5.74, 6) is 0.831. The Bertz CT molecular complexity index is 550. The summed E-state index contributed by atoms with van der Waals surface area (Å²) in [4.78, 5) is 16.8. The minimum Gasteiger partial charge on any atom is -0.476 e. The zero-order valence-corrected chi connectivity index (χ0v) is 13.0. The van der Waals surface area contributed by atoms with Gasteiger partial charge < -0.3 is 19.9 Å². The number of hydrogen-bond acceptors (Lipinski definition) is 4. The summed E-state index contributed by atoms with van der Waals surface area (Å²) in [6, 6.07) is 6.05. The maximum atomic E-state index is 12.6. The number of likely N-dealkylation sites (N-methyl/N-ethyl adjacent to an activating group) is 1. The number of carbonyl (C=O) groups excluding carboxylic acids is 1. The zero-order chi connectivity index (χ0) is 15.0. The largest absolute Gasteiger partial charge is 0.476 e. The van der Waals surface area contributed by atoms with Crippen LogP contribution in [0.2, 0.25) is 0 Å². The van der Waals surface area contributed by atoms with Crippen molar-refractivity contribution in [2.75, 3.05) is 42.5 Å². The van der Waals surface area contributed by atoms with Crippen molar-refractivity contribution in [3.63, 3.8) is 0 Å². The van der Waals surface area contributed by atoms with E-state index in [0.717, 1.165) is 43.3 Å². The lowest BCUT2D eigenvalue weighted by Gasteiger charge is -2.41. The summed E-state index contributed by atoms with van der Waals surface area (Å²) in [6.45, 7) is 10.2. The molecule has 114 valence electrons. The molecule has 2 aliphatic rings. The molecule has 1 amide bonds. The first kappa shape index (κ1) is 14.2. The third-order valence-corrected chi connectivity index (χ3v) is 4.15. The SMILES string of the molecule is CCN1C(=O)C(C)(C)Oc2cccc(N3CCNCC3)c21. The average Bonchev–Trinajstić information content (AvgIpc) is 2.49. The van der Waals surface area contributed by atoms with Gasteiger partial charge in [-0.25, -0.2) is 0 Å². The van der Waals surface area contributed by atoms with Crippen LogP contribution in [0.4, 0.5) is 11.4 Å². The Hall–Kier alpha value is -1.75. The van der Waals surface area contributed by atoms with E-state index in [4.69, 9.17) is 4.74 Å². The zero-order valence-electron chi connectivity index (χ0n) is 13.0. The molecule has 0 aromatic heterocycles. The maximum Gasteiger partial charge on any atom is 0.270 e. The molecule has 3 rings (SSSR count). The molecule has 5 heteroatoms. The fourth-order valence-electron chi connectivity index (χ4n) is 3.07. The Morgan fingerprint density at radius 1 is 1.29 bits per heavy atom. The normalized spacial score (nSPS) is 21.0. The molecule has 1 N–H and O–H groups in total. The van der Waals surface area contributed by atoms with Gasteiger partial charge >= 0.3 is 0 Å². The maximum absolute atomic E-state index is 12.6. The predicted octanol–water partition coefficient (Wildman–Crippen LogP) is 1.62. The fourth-order valence-corrected chi connectivity index (χ4v) is 3.07. The third kappa shape index (κ3) is 2.35.